The Morgan fingerprint density at radius 3 is 1.25 bits per heavy atom. The first kappa shape index (κ1) is 7.17. The predicted octanol–water partition coefficient (Wildman–Crippen LogP) is -0.543. The van der Waals surface area contributed by atoms with Crippen molar-refractivity contribution in [3.8, 4) is 12.9 Å². The zero-order valence-corrected chi connectivity index (χ0v) is 5.89. The Balaban J connectivity index is 4.42. The number of nitrogens with zero attached hydrogens (tertiary/aromatic N) is 3. The van der Waals surface area contributed by atoms with Gasteiger partial charge in [0.1, 0.15) is 0 Å². The molecule has 45 valence electrons. The molecule has 0 heterocycles. The summed E-state index contributed by atoms with van der Waals surface area (Å²) in [5.41, 5.74) is 0. The van der Waals surface area contributed by atoms with Crippen LogP contribution in [0.1, 0.15) is 0 Å². The quantitative estimate of drug-likeness (QED) is 0.606. The van der Waals surface area contributed by atoms with E-state index >= 15 is 0 Å². The van der Waals surface area contributed by atoms with Gasteiger partial charge in [-0.05, 0) is 0 Å². The van der Waals surface area contributed by atoms with Gasteiger partial charge >= 0.3 is 50.2 Å². The van der Waals surface area contributed by atoms with Crippen molar-refractivity contribution < 1.29 is 17.4 Å². The fourth-order valence-corrected chi connectivity index (χ4v) is 0.370. The average molecular weight is 291 g/mol. The molecule has 0 radical (unpaired) electrons. The topological polar surface area (TPSA) is 97.4 Å². The molecule has 0 aliphatic rings. The molecule has 0 spiro atoms. The average Bonchev–Trinajstić information content (AvgIpc) is 1.87. The summed E-state index contributed by atoms with van der Waals surface area (Å²) in [6.45, 7) is 0. The second-order valence-electron chi connectivity index (χ2n) is 0.690. The first-order chi connectivity index (χ1) is 3.68. The van der Waals surface area contributed by atoms with Gasteiger partial charge in [0.25, 0.3) is 0 Å². The minimum atomic E-state index is -3.58. The SMILES string of the molecule is N#[C][Au]([NH2])([C]#N)[C]#N. The Bertz CT molecular complexity index is 165. The van der Waals surface area contributed by atoms with Crippen LogP contribution in [0, 0.1) is 28.6 Å². The van der Waals surface area contributed by atoms with Crippen LogP contribution in [0.2, 0.25) is 0 Å². The van der Waals surface area contributed by atoms with Gasteiger partial charge in [-0.15, -0.1) is 0 Å². The first-order valence-corrected chi connectivity index (χ1v) is 5.80. The van der Waals surface area contributed by atoms with Crippen molar-refractivity contribution in [2.24, 2.45) is 4.14 Å². The molecule has 4 nitrogen and oxygen atoms in total. The molecule has 0 atom stereocenters. The number of nitriles is 3. The molecule has 5 heteroatoms. The third-order valence-corrected chi connectivity index (χ3v) is 2.61. The van der Waals surface area contributed by atoms with E-state index in [0.29, 0.717) is 0 Å². The van der Waals surface area contributed by atoms with Crippen molar-refractivity contribution in [1.29, 1.82) is 15.8 Å². The van der Waals surface area contributed by atoms with E-state index < -0.39 is 17.4 Å². The zero-order valence-electron chi connectivity index (χ0n) is 3.72. The van der Waals surface area contributed by atoms with Crippen LogP contribution in [0.15, 0.2) is 0 Å². The molecule has 0 fully saturated rings. The second-order valence-corrected chi connectivity index (χ2v) is 5.64. The summed E-state index contributed by atoms with van der Waals surface area (Å²) < 4.78 is 9.51. The third-order valence-electron chi connectivity index (χ3n) is 0.319. The van der Waals surface area contributed by atoms with Crippen molar-refractivity contribution in [3.63, 3.8) is 0 Å². The van der Waals surface area contributed by atoms with E-state index in [9.17, 15) is 0 Å². The van der Waals surface area contributed by atoms with Gasteiger partial charge in [-0.25, -0.2) is 0 Å². The molecule has 0 bridgehead atoms. The molecule has 0 aromatic rings. The predicted molar refractivity (Wildman–Crippen MR) is 21.0 cm³/mol. The molecule has 0 saturated heterocycles. The Labute approximate surface area is 50.6 Å². The zero-order chi connectivity index (χ0) is 6.62. The van der Waals surface area contributed by atoms with Crippen LogP contribution in [-0.4, -0.2) is 0 Å². The van der Waals surface area contributed by atoms with Crippen molar-refractivity contribution in [3.05, 3.63) is 0 Å². The summed E-state index contributed by atoms with van der Waals surface area (Å²) in [4.78, 5) is 0. The van der Waals surface area contributed by atoms with Gasteiger partial charge in [0.05, 0.1) is 0 Å². The van der Waals surface area contributed by atoms with Crippen LogP contribution in [0.25, 0.3) is 0 Å². The van der Waals surface area contributed by atoms with Crippen LogP contribution in [0.3, 0.4) is 0 Å². The van der Waals surface area contributed by atoms with E-state index in [4.69, 9.17) is 19.9 Å². The van der Waals surface area contributed by atoms with Crippen LogP contribution in [-0.2, 0) is 17.4 Å². The summed E-state index contributed by atoms with van der Waals surface area (Å²) >= 11 is -3.58. The second kappa shape index (κ2) is 2.47. The Hall–Kier alpha value is -0.830. The van der Waals surface area contributed by atoms with Gasteiger partial charge in [0.2, 0.25) is 0 Å². The maximum atomic E-state index is 8.04. The van der Waals surface area contributed by atoms with Crippen LogP contribution >= 0.6 is 0 Å². The minimum absolute atomic E-state index is 1.51. The monoisotopic (exact) mass is 291 g/mol. The molecule has 0 saturated carbocycles. The molecule has 0 aliphatic heterocycles. The molecule has 2 N–H and O–H groups in total. The fourth-order valence-electron chi connectivity index (χ4n) is 0.0452. The fraction of sp³-hybridized carbons (Fsp3) is 0. The molecule has 0 amide bonds. The van der Waals surface area contributed by atoms with Crippen LogP contribution in [0.5, 0.6) is 0 Å². The van der Waals surface area contributed by atoms with Gasteiger partial charge < -0.3 is 0 Å². The molecule has 0 unspecified atom stereocenters. The van der Waals surface area contributed by atoms with Crippen LogP contribution in [0.4, 0.5) is 0 Å². The Morgan fingerprint density at radius 1 is 1.00 bits per heavy atom. The maximum absolute atomic E-state index is 8.04. The number of nitrogens with two attached hydrogens (primary N) is 1. The Morgan fingerprint density at radius 2 is 1.25 bits per heavy atom. The number of hydrogen-bond donors (Lipinski definition) is 1. The summed E-state index contributed by atoms with van der Waals surface area (Å²) in [5, 5.41) is 24.1. The van der Waals surface area contributed by atoms with Crippen molar-refractivity contribution in [2.45, 2.75) is 0 Å². The molecule has 8 heavy (non-hydrogen) atoms. The Kier molecular flexibility index (Phi) is 2.21. The van der Waals surface area contributed by atoms with Crippen molar-refractivity contribution in [2.75, 3.05) is 0 Å². The normalized spacial score (nSPS) is 10.2. The molecular weight excluding hydrogens is 289 g/mol. The van der Waals surface area contributed by atoms with Crippen molar-refractivity contribution in [1.82, 2.24) is 0 Å². The summed E-state index contributed by atoms with van der Waals surface area (Å²) in [7, 11) is 0. The van der Waals surface area contributed by atoms with E-state index in [-0.39, 0.29) is 0 Å². The van der Waals surface area contributed by atoms with E-state index in [1.165, 1.54) is 12.9 Å². The summed E-state index contributed by atoms with van der Waals surface area (Å²) in [6, 6.07) is 0. The van der Waals surface area contributed by atoms with Crippen molar-refractivity contribution >= 4 is 0 Å². The summed E-state index contributed by atoms with van der Waals surface area (Å²) in [5.74, 6) is 0. The summed E-state index contributed by atoms with van der Waals surface area (Å²) in [6.07, 6.45) is 0. The molecule has 0 aliphatic carbocycles. The standard InChI is InChI=1S/3CN.Au.H2N/c3*1-2;;/h;;;;1H2/q;;;+1;-1. The third kappa shape index (κ3) is 1.35. The molecule has 0 aromatic carbocycles. The van der Waals surface area contributed by atoms with E-state index in [1.807, 2.05) is 0 Å². The van der Waals surface area contributed by atoms with Gasteiger partial charge in [0.15, 0.2) is 0 Å². The van der Waals surface area contributed by atoms with E-state index in [1.54, 1.807) is 0 Å². The van der Waals surface area contributed by atoms with E-state index in [0.717, 1.165) is 0 Å². The molecular formula is C3H2AuN4. The van der Waals surface area contributed by atoms with Gasteiger partial charge in [0, 0.05) is 0 Å². The molecule has 0 rings (SSSR count). The van der Waals surface area contributed by atoms with Gasteiger partial charge in [-0.2, -0.15) is 0 Å². The number of rotatable bonds is 0. The van der Waals surface area contributed by atoms with Crippen LogP contribution < -0.4 is 4.14 Å². The number of hydrogen-bond acceptors (Lipinski definition) is 4. The van der Waals surface area contributed by atoms with Gasteiger partial charge in [-0.1, -0.05) is 0 Å². The van der Waals surface area contributed by atoms with E-state index in [2.05, 4.69) is 0 Å². The van der Waals surface area contributed by atoms with Gasteiger partial charge in [-0.3, -0.25) is 0 Å². The molecule has 0 aromatic heterocycles. The first-order valence-electron chi connectivity index (χ1n) is 1.30.